The number of hydrogen-bond donors (Lipinski definition) is 2. The highest BCUT2D eigenvalue weighted by Gasteiger charge is 2.16. The number of amides is 1. The van der Waals surface area contributed by atoms with Gasteiger partial charge in [0.15, 0.2) is 0 Å². The first-order chi connectivity index (χ1) is 11.7. The summed E-state index contributed by atoms with van der Waals surface area (Å²) in [5, 5.41) is 6.03. The van der Waals surface area contributed by atoms with Crippen LogP contribution in [0.1, 0.15) is 49.0 Å². The molecular formula is C19H22FN3O. The van der Waals surface area contributed by atoms with Gasteiger partial charge < -0.3 is 10.6 Å². The molecule has 126 valence electrons. The molecule has 4 nitrogen and oxygen atoms in total. The first-order valence-electron chi connectivity index (χ1n) is 8.51. The highest BCUT2D eigenvalue weighted by Crippen LogP contribution is 2.20. The minimum absolute atomic E-state index is 0.139. The number of pyridine rings is 1. The van der Waals surface area contributed by atoms with Crippen molar-refractivity contribution >= 4 is 17.3 Å². The van der Waals surface area contributed by atoms with Gasteiger partial charge in [0, 0.05) is 6.04 Å². The van der Waals surface area contributed by atoms with E-state index >= 15 is 0 Å². The van der Waals surface area contributed by atoms with Crippen molar-refractivity contribution in [2.45, 2.75) is 44.6 Å². The van der Waals surface area contributed by atoms with Crippen LogP contribution in [0.25, 0.3) is 0 Å². The fourth-order valence-corrected chi connectivity index (χ4v) is 3.00. The molecule has 0 unspecified atom stereocenters. The Morgan fingerprint density at radius 2 is 1.79 bits per heavy atom. The number of nitrogens with one attached hydrogen (secondary N) is 2. The molecule has 0 aliphatic heterocycles. The first kappa shape index (κ1) is 16.4. The van der Waals surface area contributed by atoms with Crippen LogP contribution in [0.15, 0.2) is 42.6 Å². The summed E-state index contributed by atoms with van der Waals surface area (Å²) in [6.07, 6.45) is 8.47. The number of benzene rings is 1. The first-order valence-corrected chi connectivity index (χ1v) is 8.51. The molecule has 1 aromatic carbocycles. The molecule has 1 aliphatic rings. The molecule has 1 aromatic heterocycles. The van der Waals surface area contributed by atoms with Gasteiger partial charge in [-0.2, -0.15) is 0 Å². The monoisotopic (exact) mass is 327 g/mol. The summed E-state index contributed by atoms with van der Waals surface area (Å²) in [6.45, 7) is 0. The average Bonchev–Trinajstić information content (AvgIpc) is 2.86. The highest BCUT2D eigenvalue weighted by molar-refractivity contribution is 5.92. The zero-order chi connectivity index (χ0) is 16.8. The van der Waals surface area contributed by atoms with E-state index in [1.54, 1.807) is 36.5 Å². The summed E-state index contributed by atoms with van der Waals surface area (Å²) < 4.78 is 13.6. The van der Waals surface area contributed by atoms with Crippen molar-refractivity contribution in [3.8, 4) is 0 Å². The van der Waals surface area contributed by atoms with Crippen molar-refractivity contribution in [1.82, 2.24) is 10.3 Å². The van der Waals surface area contributed by atoms with Crippen LogP contribution in [-0.2, 0) is 0 Å². The van der Waals surface area contributed by atoms with E-state index in [-0.39, 0.29) is 17.8 Å². The molecule has 1 fully saturated rings. The predicted molar refractivity (Wildman–Crippen MR) is 92.9 cm³/mol. The van der Waals surface area contributed by atoms with Crippen LogP contribution in [0.5, 0.6) is 0 Å². The lowest BCUT2D eigenvalue weighted by Gasteiger charge is -2.16. The zero-order valence-corrected chi connectivity index (χ0v) is 13.6. The van der Waals surface area contributed by atoms with Crippen molar-refractivity contribution in [2.24, 2.45) is 0 Å². The Balaban J connectivity index is 1.61. The molecule has 1 saturated carbocycles. The maximum absolute atomic E-state index is 13.6. The van der Waals surface area contributed by atoms with E-state index in [1.807, 2.05) is 0 Å². The second kappa shape index (κ2) is 7.90. The fraction of sp³-hybridized carbons (Fsp3) is 0.368. The Morgan fingerprint density at radius 3 is 2.46 bits per heavy atom. The Hall–Kier alpha value is -2.43. The number of nitrogens with zero attached hydrogens (tertiary/aromatic N) is 1. The third kappa shape index (κ3) is 4.31. The van der Waals surface area contributed by atoms with Gasteiger partial charge in [-0.3, -0.25) is 4.79 Å². The minimum atomic E-state index is -0.326. The smallest absolute Gasteiger partial charge is 0.270 e. The SMILES string of the molecule is O=C(NC1CCCCCC1)c1ccc(Nc2ccccc2F)cn1. The van der Waals surface area contributed by atoms with Gasteiger partial charge in [-0.05, 0) is 37.1 Å². The van der Waals surface area contributed by atoms with Crippen molar-refractivity contribution in [3.05, 3.63) is 54.1 Å². The van der Waals surface area contributed by atoms with Crippen LogP contribution < -0.4 is 10.6 Å². The van der Waals surface area contributed by atoms with E-state index in [9.17, 15) is 9.18 Å². The third-order valence-electron chi connectivity index (χ3n) is 4.34. The van der Waals surface area contributed by atoms with Gasteiger partial charge in [-0.15, -0.1) is 0 Å². The Morgan fingerprint density at radius 1 is 1.04 bits per heavy atom. The van der Waals surface area contributed by atoms with E-state index in [0.717, 1.165) is 12.8 Å². The van der Waals surface area contributed by atoms with Gasteiger partial charge in [0.2, 0.25) is 0 Å². The summed E-state index contributed by atoms with van der Waals surface area (Å²) in [4.78, 5) is 16.5. The van der Waals surface area contributed by atoms with E-state index in [0.29, 0.717) is 17.1 Å². The van der Waals surface area contributed by atoms with Crippen LogP contribution in [0.2, 0.25) is 0 Å². The number of rotatable bonds is 4. The Labute approximate surface area is 141 Å². The van der Waals surface area contributed by atoms with E-state index < -0.39 is 0 Å². The van der Waals surface area contributed by atoms with Crippen LogP contribution in [0.4, 0.5) is 15.8 Å². The molecule has 24 heavy (non-hydrogen) atoms. The molecule has 1 aliphatic carbocycles. The van der Waals surface area contributed by atoms with Crippen molar-refractivity contribution in [2.75, 3.05) is 5.32 Å². The van der Waals surface area contributed by atoms with E-state index in [4.69, 9.17) is 0 Å². The van der Waals surface area contributed by atoms with Gasteiger partial charge in [0.1, 0.15) is 11.5 Å². The molecule has 2 N–H and O–H groups in total. The lowest BCUT2D eigenvalue weighted by atomic mass is 10.1. The van der Waals surface area contributed by atoms with Crippen LogP contribution >= 0.6 is 0 Å². The van der Waals surface area contributed by atoms with Crippen LogP contribution in [0.3, 0.4) is 0 Å². The highest BCUT2D eigenvalue weighted by atomic mass is 19.1. The minimum Gasteiger partial charge on any atom is -0.352 e. The molecule has 2 aromatic rings. The molecule has 0 spiro atoms. The van der Waals surface area contributed by atoms with Crippen molar-refractivity contribution in [1.29, 1.82) is 0 Å². The molecular weight excluding hydrogens is 305 g/mol. The maximum atomic E-state index is 13.6. The summed E-state index contributed by atoms with van der Waals surface area (Å²) in [7, 11) is 0. The average molecular weight is 327 g/mol. The molecule has 3 rings (SSSR count). The fourth-order valence-electron chi connectivity index (χ4n) is 3.00. The predicted octanol–water partition coefficient (Wildman–Crippen LogP) is 4.42. The number of halogens is 1. The molecule has 1 amide bonds. The molecule has 1 heterocycles. The van der Waals surface area contributed by atoms with Crippen LogP contribution in [-0.4, -0.2) is 16.9 Å². The maximum Gasteiger partial charge on any atom is 0.270 e. The summed E-state index contributed by atoms with van der Waals surface area (Å²) in [5.41, 5.74) is 1.42. The second-order valence-corrected chi connectivity index (χ2v) is 6.20. The number of carbonyl (C=O) groups is 1. The normalized spacial score (nSPS) is 15.5. The number of aromatic nitrogens is 1. The summed E-state index contributed by atoms with van der Waals surface area (Å²) in [5.74, 6) is -0.466. The number of anilines is 2. The third-order valence-corrected chi connectivity index (χ3v) is 4.34. The largest absolute Gasteiger partial charge is 0.352 e. The molecule has 0 saturated heterocycles. The molecule has 0 atom stereocenters. The van der Waals surface area contributed by atoms with Gasteiger partial charge in [-0.1, -0.05) is 37.8 Å². The number of para-hydroxylation sites is 1. The molecule has 0 bridgehead atoms. The molecule has 0 radical (unpaired) electrons. The van der Waals surface area contributed by atoms with Crippen LogP contribution in [0, 0.1) is 5.82 Å². The van der Waals surface area contributed by atoms with E-state index in [2.05, 4.69) is 15.6 Å². The van der Waals surface area contributed by atoms with Gasteiger partial charge in [0.25, 0.3) is 5.91 Å². The van der Waals surface area contributed by atoms with Crippen molar-refractivity contribution in [3.63, 3.8) is 0 Å². The number of carbonyl (C=O) groups excluding carboxylic acids is 1. The summed E-state index contributed by atoms with van der Waals surface area (Å²) >= 11 is 0. The second-order valence-electron chi connectivity index (χ2n) is 6.20. The lowest BCUT2D eigenvalue weighted by Crippen LogP contribution is -2.34. The molecule has 5 heteroatoms. The lowest BCUT2D eigenvalue weighted by molar-refractivity contribution is 0.0928. The van der Waals surface area contributed by atoms with Gasteiger partial charge in [0.05, 0.1) is 17.6 Å². The van der Waals surface area contributed by atoms with Gasteiger partial charge >= 0.3 is 0 Å². The Kier molecular flexibility index (Phi) is 5.41. The summed E-state index contributed by atoms with van der Waals surface area (Å²) in [6, 6.07) is 10.1. The number of hydrogen-bond acceptors (Lipinski definition) is 3. The van der Waals surface area contributed by atoms with Crippen molar-refractivity contribution < 1.29 is 9.18 Å². The quantitative estimate of drug-likeness (QED) is 0.818. The standard InChI is InChI=1S/C19H22FN3O/c20-16-9-5-6-10-17(16)22-15-11-12-18(21-13-15)19(24)23-14-7-3-1-2-4-8-14/h5-6,9-14,22H,1-4,7-8H2,(H,23,24). The Bertz CT molecular complexity index is 679. The van der Waals surface area contributed by atoms with Gasteiger partial charge in [-0.25, -0.2) is 9.37 Å². The zero-order valence-electron chi connectivity index (χ0n) is 13.6. The van der Waals surface area contributed by atoms with E-state index in [1.165, 1.54) is 31.7 Å². The topological polar surface area (TPSA) is 54.0 Å².